The van der Waals surface area contributed by atoms with E-state index in [0.717, 1.165) is 23.7 Å². The number of hydrogen-bond donors (Lipinski definition) is 1. The van der Waals surface area contributed by atoms with Gasteiger partial charge in [0.05, 0.1) is 17.2 Å². The van der Waals surface area contributed by atoms with Crippen molar-refractivity contribution in [2.24, 2.45) is 7.05 Å². The first-order valence-electron chi connectivity index (χ1n) is 8.70. The Morgan fingerprint density at radius 3 is 2.67 bits per heavy atom. The third-order valence-corrected chi connectivity index (χ3v) is 5.50. The molecule has 0 radical (unpaired) electrons. The summed E-state index contributed by atoms with van der Waals surface area (Å²) in [5.74, 6) is 0. The number of anilines is 2. The van der Waals surface area contributed by atoms with Crippen LogP contribution in [0, 0.1) is 6.92 Å². The molecule has 3 aromatic rings. The largest absolute Gasteiger partial charge is 0.368 e. The Hall–Kier alpha value is -2.94. The van der Waals surface area contributed by atoms with Gasteiger partial charge in [-0.3, -0.25) is 10.1 Å². The van der Waals surface area contributed by atoms with Crippen LogP contribution in [0.15, 0.2) is 35.5 Å². The predicted molar refractivity (Wildman–Crippen MR) is 107 cm³/mol. The molecular weight excluding hydrogens is 364 g/mol. The molecule has 2 amide bonds. The number of rotatable bonds is 2. The van der Waals surface area contributed by atoms with Gasteiger partial charge in [-0.05, 0) is 25.1 Å². The minimum atomic E-state index is -0.118. The third kappa shape index (κ3) is 3.50. The summed E-state index contributed by atoms with van der Waals surface area (Å²) in [6, 6.07) is 5.58. The smallest absolute Gasteiger partial charge is 0.323 e. The highest BCUT2D eigenvalue weighted by atomic mass is 32.1. The molecule has 1 N–H and O–H groups in total. The molecule has 0 atom stereocenters. The third-order valence-electron chi connectivity index (χ3n) is 4.67. The predicted octanol–water partition coefficient (Wildman–Crippen LogP) is 2.05. The molecule has 0 saturated carbocycles. The number of hydrogen-bond acceptors (Lipinski definition) is 6. The number of nitrogens with zero attached hydrogens (tertiary/aromatic N) is 5. The highest BCUT2D eigenvalue weighted by molar-refractivity contribution is 7.15. The number of benzene rings is 1. The Balaban J connectivity index is 1.43. The zero-order chi connectivity index (χ0) is 19.0. The summed E-state index contributed by atoms with van der Waals surface area (Å²) < 4.78 is 1.48. The number of piperazine rings is 1. The lowest BCUT2D eigenvalue weighted by Crippen LogP contribution is -2.50. The number of nitrogens with one attached hydrogen (secondary N) is 1. The van der Waals surface area contributed by atoms with Gasteiger partial charge >= 0.3 is 6.03 Å². The van der Waals surface area contributed by atoms with E-state index in [2.05, 4.69) is 20.2 Å². The molecule has 0 spiro atoms. The second-order valence-corrected chi connectivity index (χ2v) is 7.78. The fraction of sp³-hybridized carbons (Fsp3) is 0.333. The van der Waals surface area contributed by atoms with Gasteiger partial charge in [0.25, 0.3) is 5.56 Å². The normalized spacial score (nSPS) is 14.6. The highest BCUT2D eigenvalue weighted by Gasteiger charge is 2.22. The highest BCUT2D eigenvalue weighted by Crippen LogP contribution is 2.21. The molecule has 1 aliphatic heterocycles. The van der Waals surface area contributed by atoms with E-state index in [-0.39, 0.29) is 11.6 Å². The molecule has 1 fully saturated rings. The lowest BCUT2D eigenvalue weighted by atomic mass is 10.2. The molecule has 0 aliphatic carbocycles. The minimum absolute atomic E-state index is 0.0505. The van der Waals surface area contributed by atoms with Gasteiger partial charge in [0.2, 0.25) is 0 Å². The van der Waals surface area contributed by atoms with Crippen molar-refractivity contribution >= 4 is 39.1 Å². The number of aryl methyl sites for hydroxylation is 2. The van der Waals surface area contributed by atoms with E-state index in [0.29, 0.717) is 29.1 Å². The van der Waals surface area contributed by atoms with E-state index < -0.39 is 0 Å². The van der Waals surface area contributed by atoms with Gasteiger partial charge in [0.15, 0.2) is 5.13 Å². The van der Waals surface area contributed by atoms with Crippen LogP contribution in [0.25, 0.3) is 10.9 Å². The molecule has 140 valence electrons. The Morgan fingerprint density at radius 1 is 1.19 bits per heavy atom. The lowest BCUT2D eigenvalue weighted by molar-refractivity contribution is 0.208. The lowest BCUT2D eigenvalue weighted by Gasteiger charge is -2.35. The van der Waals surface area contributed by atoms with Crippen LogP contribution in [-0.4, -0.2) is 51.6 Å². The fourth-order valence-corrected chi connectivity index (χ4v) is 3.80. The van der Waals surface area contributed by atoms with E-state index in [4.69, 9.17) is 0 Å². The molecule has 3 heterocycles. The average Bonchev–Trinajstić information content (AvgIpc) is 3.09. The summed E-state index contributed by atoms with van der Waals surface area (Å²) in [5.41, 5.74) is 1.65. The summed E-state index contributed by atoms with van der Waals surface area (Å²) in [4.78, 5) is 38.1. The Bertz CT molecular complexity index is 1050. The Morgan fingerprint density at radius 2 is 1.96 bits per heavy atom. The van der Waals surface area contributed by atoms with Crippen molar-refractivity contribution in [3.05, 3.63) is 46.0 Å². The van der Waals surface area contributed by atoms with Crippen LogP contribution >= 0.6 is 11.3 Å². The summed E-state index contributed by atoms with van der Waals surface area (Å²) in [6.07, 6.45) is 3.29. The van der Waals surface area contributed by atoms with Gasteiger partial charge in [-0.25, -0.2) is 14.8 Å². The van der Waals surface area contributed by atoms with E-state index >= 15 is 0 Å². The Kier molecular flexibility index (Phi) is 4.53. The first-order valence-corrected chi connectivity index (χ1v) is 9.51. The second-order valence-electron chi connectivity index (χ2n) is 6.54. The number of carbonyl (C=O) groups excluding carboxylic acids is 1. The summed E-state index contributed by atoms with van der Waals surface area (Å²) >= 11 is 1.47. The van der Waals surface area contributed by atoms with E-state index in [1.165, 1.54) is 22.2 Å². The van der Waals surface area contributed by atoms with Gasteiger partial charge in [0.1, 0.15) is 0 Å². The first kappa shape index (κ1) is 17.5. The molecular formula is C18H20N6O2S. The minimum Gasteiger partial charge on any atom is -0.368 e. The molecule has 27 heavy (non-hydrogen) atoms. The van der Waals surface area contributed by atoms with Crippen LogP contribution in [0.4, 0.5) is 15.6 Å². The maximum atomic E-state index is 12.4. The number of thiazole rings is 1. The molecule has 9 heteroatoms. The van der Waals surface area contributed by atoms with Crippen molar-refractivity contribution in [2.75, 3.05) is 36.4 Å². The van der Waals surface area contributed by atoms with Gasteiger partial charge in [-0.2, -0.15) is 0 Å². The molecule has 0 unspecified atom stereocenters. The van der Waals surface area contributed by atoms with E-state index in [9.17, 15) is 9.59 Å². The summed E-state index contributed by atoms with van der Waals surface area (Å²) in [7, 11) is 1.69. The van der Waals surface area contributed by atoms with Gasteiger partial charge in [-0.1, -0.05) is 0 Å². The van der Waals surface area contributed by atoms with Crippen molar-refractivity contribution < 1.29 is 4.79 Å². The standard InChI is InChI=1S/C18H20N6O2S/c1-12-10-19-17(27-12)21-18(26)24-7-5-23(6-8-24)13-3-4-14-15(9-13)20-11-22(2)16(14)25/h3-4,9-11H,5-8H2,1-2H3,(H,19,21,26). The number of fused-ring (bicyclic) bond motifs is 1. The van der Waals surface area contributed by atoms with Crippen LogP contribution in [0.5, 0.6) is 0 Å². The molecule has 8 nitrogen and oxygen atoms in total. The topological polar surface area (TPSA) is 83.4 Å². The monoisotopic (exact) mass is 384 g/mol. The van der Waals surface area contributed by atoms with Gasteiger partial charge in [-0.15, -0.1) is 11.3 Å². The summed E-state index contributed by atoms with van der Waals surface area (Å²) in [6.45, 7) is 4.65. The van der Waals surface area contributed by atoms with Crippen LogP contribution in [-0.2, 0) is 7.05 Å². The number of carbonyl (C=O) groups is 1. The van der Waals surface area contributed by atoms with Crippen LogP contribution in [0.3, 0.4) is 0 Å². The van der Waals surface area contributed by atoms with Crippen molar-refractivity contribution in [2.45, 2.75) is 6.92 Å². The quantitative estimate of drug-likeness (QED) is 0.731. The zero-order valence-corrected chi connectivity index (χ0v) is 16.0. The molecule has 1 aromatic carbocycles. The first-order chi connectivity index (χ1) is 13.0. The molecule has 0 bridgehead atoms. The van der Waals surface area contributed by atoms with Crippen LogP contribution in [0.2, 0.25) is 0 Å². The Labute approximate surface area is 160 Å². The second kappa shape index (κ2) is 6.99. The van der Waals surface area contributed by atoms with Crippen LogP contribution in [0.1, 0.15) is 4.88 Å². The van der Waals surface area contributed by atoms with Gasteiger partial charge in [0, 0.05) is 50.0 Å². The van der Waals surface area contributed by atoms with E-state index in [1.54, 1.807) is 18.1 Å². The van der Waals surface area contributed by atoms with E-state index in [1.807, 2.05) is 25.1 Å². The number of amides is 2. The summed E-state index contributed by atoms with van der Waals surface area (Å²) in [5, 5.41) is 4.09. The van der Waals surface area contributed by atoms with Crippen molar-refractivity contribution in [1.82, 2.24) is 19.4 Å². The van der Waals surface area contributed by atoms with Crippen molar-refractivity contribution in [3.63, 3.8) is 0 Å². The average molecular weight is 384 g/mol. The SMILES string of the molecule is Cc1cnc(NC(=O)N2CCN(c3ccc4c(=O)n(C)cnc4c3)CC2)s1. The van der Waals surface area contributed by atoms with Gasteiger partial charge < -0.3 is 14.4 Å². The maximum Gasteiger partial charge on any atom is 0.323 e. The van der Waals surface area contributed by atoms with Crippen LogP contribution < -0.4 is 15.8 Å². The number of aromatic nitrogens is 3. The maximum absolute atomic E-state index is 12.4. The molecule has 4 rings (SSSR count). The van der Waals surface area contributed by atoms with Crippen molar-refractivity contribution in [1.29, 1.82) is 0 Å². The molecule has 2 aromatic heterocycles. The number of urea groups is 1. The van der Waals surface area contributed by atoms with Crippen molar-refractivity contribution in [3.8, 4) is 0 Å². The fourth-order valence-electron chi connectivity index (χ4n) is 3.15. The molecule has 1 aliphatic rings. The zero-order valence-electron chi connectivity index (χ0n) is 15.2. The molecule has 1 saturated heterocycles.